The van der Waals surface area contributed by atoms with E-state index in [9.17, 15) is 18.0 Å². The number of halogens is 4. The van der Waals surface area contributed by atoms with Gasteiger partial charge in [0.25, 0.3) is 0 Å². The summed E-state index contributed by atoms with van der Waals surface area (Å²) in [4.78, 5) is 11.8. The van der Waals surface area contributed by atoms with E-state index < -0.39 is 18.3 Å². The van der Waals surface area contributed by atoms with Crippen LogP contribution in [-0.4, -0.2) is 12.5 Å². The van der Waals surface area contributed by atoms with Gasteiger partial charge in [0.15, 0.2) is 0 Å². The molecule has 0 aromatic heterocycles. The van der Waals surface area contributed by atoms with Crippen molar-refractivity contribution in [1.82, 2.24) is 0 Å². The fourth-order valence-electron chi connectivity index (χ4n) is 1.75. The van der Waals surface area contributed by atoms with E-state index in [1.807, 2.05) is 0 Å². The van der Waals surface area contributed by atoms with Crippen LogP contribution in [0.1, 0.15) is 5.56 Å². The molecule has 0 spiro atoms. The van der Waals surface area contributed by atoms with Crippen molar-refractivity contribution >= 4 is 29.3 Å². The molecule has 1 amide bonds. The normalized spacial score (nSPS) is 11.0. The van der Waals surface area contributed by atoms with Gasteiger partial charge < -0.3 is 10.1 Å². The van der Waals surface area contributed by atoms with Crippen molar-refractivity contribution in [2.45, 2.75) is 6.61 Å². The van der Waals surface area contributed by atoms with E-state index in [0.717, 1.165) is 12.1 Å². The zero-order chi connectivity index (χ0) is 16.8. The Morgan fingerprint density at radius 2 is 1.96 bits per heavy atom. The van der Waals surface area contributed by atoms with Gasteiger partial charge in [0.2, 0.25) is 5.91 Å². The molecule has 0 unspecified atom stereocenters. The fraction of sp³-hybridized carbons (Fsp3) is 0.0625. The molecule has 3 nitrogen and oxygen atoms in total. The lowest BCUT2D eigenvalue weighted by Crippen LogP contribution is -2.09. The van der Waals surface area contributed by atoms with Crippen molar-refractivity contribution in [1.29, 1.82) is 0 Å². The minimum atomic E-state index is -2.97. The van der Waals surface area contributed by atoms with Crippen molar-refractivity contribution in [3.8, 4) is 5.75 Å². The molecular formula is C16H11ClF3NO2. The molecular weight excluding hydrogens is 331 g/mol. The Morgan fingerprint density at radius 1 is 1.22 bits per heavy atom. The van der Waals surface area contributed by atoms with Crippen LogP contribution < -0.4 is 10.1 Å². The van der Waals surface area contributed by atoms with E-state index >= 15 is 0 Å². The Bertz CT molecular complexity index is 735. The SMILES string of the molecule is O=C(/C=C/c1ccccc1OC(F)F)Nc1cc(Cl)ccc1F. The lowest BCUT2D eigenvalue weighted by molar-refractivity contribution is -0.111. The van der Waals surface area contributed by atoms with Crippen LogP contribution in [0.2, 0.25) is 5.02 Å². The molecule has 0 atom stereocenters. The monoisotopic (exact) mass is 341 g/mol. The highest BCUT2D eigenvalue weighted by atomic mass is 35.5. The molecule has 0 aliphatic heterocycles. The summed E-state index contributed by atoms with van der Waals surface area (Å²) in [5.74, 6) is -1.35. The Hall–Kier alpha value is -2.47. The van der Waals surface area contributed by atoms with E-state index in [-0.39, 0.29) is 22.0 Å². The van der Waals surface area contributed by atoms with Crippen LogP contribution >= 0.6 is 11.6 Å². The van der Waals surface area contributed by atoms with E-state index in [1.165, 1.54) is 36.4 Å². The first-order valence-corrected chi connectivity index (χ1v) is 6.81. The second-order valence-electron chi connectivity index (χ2n) is 4.36. The first kappa shape index (κ1) is 16.9. The average Bonchev–Trinajstić information content (AvgIpc) is 2.49. The highest BCUT2D eigenvalue weighted by Crippen LogP contribution is 2.22. The van der Waals surface area contributed by atoms with Crippen LogP contribution in [0, 0.1) is 5.82 Å². The molecule has 0 fully saturated rings. The maximum atomic E-state index is 13.5. The predicted molar refractivity (Wildman–Crippen MR) is 82.1 cm³/mol. The molecule has 7 heteroatoms. The van der Waals surface area contributed by atoms with Crippen molar-refractivity contribution in [2.75, 3.05) is 5.32 Å². The molecule has 1 N–H and O–H groups in total. The molecule has 0 aliphatic rings. The number of benzene rings is 2. The summed E-state index contributed by atoms with van der Waals surface area (Å²) in [5, 5.41) is 2.57. The second kappa shape index (κ2) is 7.69. The number of hydrogen-bond donors (Lipinski definition) is 1. The highest BCUT2D eigenvalue weighted by molar-refractivity contribution is 6.30. The number of alkyl halides is 2. The molecule has 120 valence electrons. The Labute approximate surface area is 135 Å². The Kier molecular flexibility index (Phi) is 5.65. The van der Waals surface area contributed by atoms with Crippen molar-refractivity contribution in [3.63, 3.8) is 0 Å². The minimum Gasteiger partial charge on any atom is -0.434 e. The molecule has 0 bridgehead atoms. The summed E-state index contributed by atoms with van der Waals surface area (Å²) < 4.78 is 42.4. The van der Waals surface area contributed by atoms with Crippen LogP contribution in [0.5, 0.6) is 5.75 Å². The van der Waals surface area contributed by atoms with Gasteiger partial charge in [-0.25, -0.2) is 4.39 Å². The van der Waals surface area contributed by atoms with Crippen LogP contribution in [0.15, 0.2) is 48.5 Å². The third kappa shape index (κ3) is 5.03. The number of carbonyl (C=O) groups excluding carboxylic acids is 1. The van der Waals surface area contributed by atoms with E-state index in [0.29, 0.717) is 0 Å². The topological polar surface area (TPSA) is 38.3 Å². The summed E-state index contributed by atoms with van der Waals surface area (Å²) in [6.45, 7) is -2.97. The van der Waals surface area contributed by atoms with Gasteiger partial charge >= 0.3 is 6.61 Å². The van der Waals surface area contributed by atoms with E-state index in [1.54, 1.807) is 6.07 Å². The Balaban J connectivity index is 2.11. The third-order valence-corrected chi connectivity index (χ3v) is 2.97. The predicted octanol–water partition coefficient (Wildman–Crippen LogP) is 4.73. The van der Waals surface area contributed by atoms with Crippen LogP contribution in [0.4, 0.5) is 18.9 Å². The maximum Gasteiger partial charge on any atom is 0.387 e. The molecule has 0 saturated carbocycles. The van der Waals surface area contributed by atoms with Crippen molar-refractivity contribution in [3.05, 3.63) is 64.9 Å². The van der Waals surface area contributed by atoms with Gasteiger partial charge in [0.05, 0.1) is 5.69 Å². The maximum absolute atomic E-state index is 13.5. The lowest BCUT2D eigenvalue weighted by atomic mass is 10.2. The highest BCUT2D eigenvalue weighted by Gasteiger charge is 2.08. The zero-order valence-corrected chi connectivity index (χ0v) is 12.4. The smallest absolute Gasteiger partial charge is 0.387 e. The summed E-state index contributed by atoms with van der Waals surface area (Å²) in [5.41, 5.74) is 0.207. The largest absolute Gasteiger partial charge is 0.434 e. The van der Waals surface area contributed by atoms with E-state index in [2.05, 4.69) is 10.1 Å². The van der Waals surface area contributed by atoms with Gasteiger partial charge in [-0.05, 0) is 30.3 Å². The molecule has 2 aromatic rings. The van der Waals surface area contributed by atoms with Gasteiger partial charge in [-0.15, -0.1) is 0 Å². The molecule has 0 heterocycles. The Morgan fingerprint density at radius 3 is 2.70 bits per heavy atom. The van der Waals surface area contributed by atoms with Gasteiger partial charge in [-0.1, -0.05) is 29.8 Å². The van der Waals surface area contributed by atoms with Crippen molar-refractivity contribution in [2.24, 2.45) is 0 Å². The molecule has 2 rings (SSSR count). The second-order valence-corrected chi connectivity index (χ2v) is 4.80. The average molecular weight is 342 g/mol. The number of hydrogen-bond acceptors (Lipinski definition) is 2. The standard InChI is InChI=1S/C16H11ClF3NO2/c17-11-6-7-12(18)13(9-11)21-15(22)8-5-10-3-1-2-4-14(10)23-16(19)20/h1-9,16H,(H,21,22)/b8-5+. The first-order chi connectivity index (χ1) is 11.0. The number of ether oxygens (including phenoxy) is 1. The van der Waals surface area contributed by atoms with Crippen LogP contribution in [0.3, 0.4) is 0 Å². The van der Waals surface area contributed by atoms with Gasteiger partial charge in [0.1, 0.15) is 11.6 Å². The summed E-state index contributed by atoms with van der Waals surface area (Å²) >= 11 is 5.72. The van der Waals surface area contributed by atoms with Crippen molar-refractivity contribution < 1.29 is 22.7 Å². The van der Waals surface area contributed by atoms with E-state index in [4.69, 9.17) is 11.6 Å². The number of anilines is 1. The van der Waals surface area contributed by atoms with Crippen LogP contribution in [0.25, 0.3) is 6.08 Å². The fourth-order valence-corrected chi connectivity index (χ4v) is 1.93. The molecule has 0 aliphatic carbocycles. The molecule has 2 aromatic carbocycles. The summed E-state index contributed by atoms with van der Waals surface area (Å²) in [6.07, 6.45) is 2.36. The third-order valence-electron chi connectivity index (χ3n) is 2.74. The molecule has 23 heavy (non-hydrogen) atoms. The number of para-hydroxylation sites is 1. The minimum absolute atomic E-state index is 0.0690. The number of nitrogens with one attached hydrogen (secondary N) is 1. The first-order valence-electron chi connectivity index (χ1n) is 6.43. The summed E-state index contributed by atoms with van der Waals surface area (Å²) in [7, 11) is 0. The molecule has 0 saturated heterocycles. The zero-order valence-electron chi connectivity index (χ0n) is 11.6. The van der Waals surface area contributed by atoms with Gasteiger partial charge in [-0.2, -0.15) is 8.78 Å². The molecule has 0 radical (unpaired) electrons. The number of amides is 1. The lowest BCUT2D eigenvalue weighted by Gasteiger charge is -2.07. The summed E-state index contributed by atoms with van der Waals surface area (Å²) in [6, 6.07) is 9.70. The quantitative estimate of drug-likeness (QED) is 0.798. The number of carbonyl (C=O) groups is 1. The van der Waals surface area contributed by atoms with Gasteiger partial charge in [-0.3, -0.25) is 4.79 Å². The van der Waals surface area contributed by atoms with Gasteiger partial charge in [0, 0.05) is 16.7 Å². The number of rotatable bonds is 5. The van der Waals surface area contributed by atoms with Crippen LogP contribution in [-0.2, 0) is 4.79 Å².